The molecule has 4 heteroatoms. The van der Waals surface area contributed by atoms with E-state index in [1.807, 2.05) is 18.2 Å². The van der Waals surface area contributed by atoms with Crippen molar-refractivity contribution in [1.29, 1.82) is 0 Å². The number of thioether (sulfide) groups is 1. The van der Waals surface area contributed by atoms with Crippen molar-refractivity contribution in [2.45, 2.75) is 24.5 Å². The quantitative estimate of drug-likeness (QED) is 0.896. The maximum absolute atomic E-state index is 11.9. The SMILES string of the molecule is O=C(SC1CCCC1C(=O)O)c1ccccc1. The van der Waals surface area contributed by atoms with Crippen LogP contribution in [0, 0.1) is 5.92 Å². The minimum Gasteiger partial charge on any atom is -0.481 e. The van der Waals surface area contributed by atoms with Crippen molar-refractivity contribution in [2.75, 3.05) is 0 Å². The first-order valence-corrected chi connectivity index (χ1v) is 6.55. The number of hydrogen-bond acceptors (Lipinski definition) is 3. The molecule has 1 aliphatic rings. The normalized spacial score (nSPS) is 23.5. The lowest BCUT2D eigenvalue weighted by Crippen LogP contribution is -2.21. The number of carboxylic acid groups (broad SMARTS) is 1. The molecule has 0 bridgehead atoms. The van der Waals surface area contributed by atoms with Crippen molar-refractivity contribution in [1.82, 2.24) is 0 Å². The zero-order chi connectivity index (χ0) is 12.3. The van der Waals surface area contributed by atoms with Gasteiger partial charge in [-0.25, -0.2) is 0 Å². The largest absolute Gasteiger partial charge is 0.481 e. The Kier molecular flexibility index (Phi) is 3.84. The third-order valence-corrected chi connectivity index (χ3v) is 4.35. The van der Waals surface area contributed by atoms with Crippen molar-refractivity contribution >= 4 is 22.8 Å². The van der Waals surface area contributed by atoms with E-state index in [9.17, 15) is 9.59 Å². The van der Waals surface area contributed by atoms with Crippen LogP contribution in [-0.4, -0.2) is 21.4 Å². The first-order valence-electron chi connectivity index (χ1n) is 5.67. The molecule has 2 rings (SSSR count). The van der Waals surface area contributed by atoms with Crippen molar-refractivity contribution in [3.8, 4) is 0 Å². The van der Waals surface area contributed by atoms with E-state index in [1.54, 1.807) is 12.1 Å². The Bertz CT molecular complexity index is 416. The van der Waals surface area contributed by atoms with Gasteiger partial charge in [0.15, 0.2) is 0 Å². The molecule has 0 aliphatic heterocycles. The number of carboxylic acids is 1. The molecule has 17 heavy (non-hydrogen) atoms. The van der Waals surface area contributed by atoms with Gasteiger partial charge in [-0.3, -0.25) is 9.59 Å². The summed E-state index contributed by atoms with van der Waals surface area (Å²) in [6.45, 7) is 0. The molecule has 0 saturated heterocycles. The third-order valence-electron chi connectivity index (χ3n) is 3.04. The van der Waals surface area contributed by atoms with Crippen LogP contribution in [0.2, 0.25) is 0 Å². The monoisotopic (exact) mass is 250 g/mol. The highest BCUT2D eigenvalue weighted by Gasteiger charge is 2.34. The molecule has 2 atom stereocenters. The fraction of sp³-hybridized carbons (Fsp3) is 0.385. The average Bonchev–Trinajstić information content (AvgIpc) is 2.78. The summed E-state index contributed by atoms with van der Waals surface area (Å²) in [5, 5.41) is 8.95. The van der Waals surface area contributed by atoms with Gasteiger partial charge in [0.2, 0.25) is 5.12 Å². The van der Waals surface area contributed by atoms with Crippen molar-refractivity contribution < 1.29 is 14.7 Å². The fourth-order valence-electron chi connectivity index (χ4n) is 2.13. The standard InChI is InChI=1S/C13H14O3S/c14-12(15)10-7-4-8-11(10)17-13(16)9-5-2-1-3-6-9/h1-3,5-6,10-11H,4,7-8H2,(H,14,15). The number of carbonyl (C=O) groups excluding carboxylic acids is 1. The smallest absolute Gasteiger partial charge is 0.307 e. The predicted octanol–water partition coefficient (Wildman–Crippen LogP) is 2.81. The van der Waals surface area contributed by atoms with Gasteiger partial charge in [0.25, 0.3) is 0 Å². The highest BCUT2D eigenvalue weighted by Crippen LogP contribution is 2.36. The van der Waals surface area contributed by atoms with Crippen LogP contribution in [0.5, 0.6) is 0 Å². The highest BCUT2D eigenvalue weighted by atomic mass is 32.2. The van der Waals surface area contributed by atoms with E-state index in [0.717, 1.165) is 12.8 Å². The highest BCUT2D eigenvalue weighted by molar-refractivity contribution is 8.14. The molecule has 1 saturated carbocycles. The lowest BCUT2D eigenvalue weighted by molar-refractivity contribution is -0.141. The maximum Gasteiger partial charge on any atom is 0.307 e. The molecule has 1 aliphatic carbocycles. The predicted molar refractivity (Wildman–Crippen MR) is 67.1 cm³/mol. The van der Waals surface area contributed by atoms with Crippen LogP contribution in [0.15, 0.2) is 30.3 Å². The molecule has 1 aromatic rings. The molecule has 90 valence electrons. The van der Waals surface area contributed by atoms with Crippen LogP contribution < -0.4 is 0 Å². The molecule has 0 amide bonds. The Balaban J connectivity index is 2.02. The molecule has 1 N–H and O–H groups in total. The van der Waals surface area contributed by atoms with E-state index in [4.69, 9.17) is 5.11 Å². The number of carbonyl (C=O) groups is 2. The summed E-state index contributed by atoms with van der Waals surface area (Å²) in [5.74, 6) is -1.14. The number of benzene rings is 1. The molecule has 3 nitrogen and oxygen atoms in total. The lowest BCUT2D eigenvalue weighted by atomic mass is 10.1. The Hall–Kier alpha value is -1.29. The second-order valence-corrected chi connectivity index (χ2v) is 5.40. The second kappa shape index (κ2) is 5.36. The molecular formula is C13H14O3S. The van der Waals surface area contributed by atoms with Crippen LogP contribution in [0.1, 0.15) is 29.6 Å². The van der Waals surface area contributed by atoms with E-state index in [-0.39, 0.29) is 16.3 Å². The van der Waals surface area contributed by atoms with Crippen LogP contribution in [0.3, 0.4) is 0 Å². The van der Waals surface area contributed by atoms with E-state index in [1.165, 1.54) is 11.8 Å². The second-order valence-electron chi connectivity index (χ2n) is 4.19. The maximum atomic E-state index is 11.9. The molecule has 0 spiro atoms. The summed E-state index contributed by atoms with van der Waals surface area (Å²) in [5.41, 5.74) is 0.647. The molecule has 2 unspecified atom stereocenters. The van der Waals surface area contributed by atoms with Crippen molar-refractivity contribution in [3.05, 3.63) is 35.9 Å². The Morgan fingerprint density at radius 1 is 1.18 bits per heavy atom. The molecule has 0 heterocycles. The lowest BCUT2D eigenvalue weighted by Gasteiger charge is -2.13. The van der Waals surface area contributed by atoms with Crippen molar-refractivity contribution in [3.63, 3.8) is 0 Å². The summed E-state index contributed by atoms with van der Waals surface area (Å²) in [6, 6.07) is 9.02. The Labute approximate surface area is 104 Å². The minimum absolute atomic E-state index is 0.0243. The molecular weight excluding hydrogens is 236 g/mol. The van der Waals surface area contributed by atoms with Gasteiger partial charge in [0.05, 0.1) is 5.92 Å². The molecule has 0 aromatic heterocycles. The molecule has 0 radical (unpaired) electrons. The molecule has 1 aromatic carbocycles. The summed E-state index contributed by atoms with van der Waals surface area (Å²) in [7, 11) is 0. The zero-order valence-corrected chi connectivity index (χ0v) is 10.2. The van der Waals surface area contributed by atoms with Crippen LogP contribution >= 0.6 is 11.8 Å². The summed E-state index contributed by atoms with van der Waals surface area (Å²) < 4.78 is 0. The third kappa shape index (κ3) is 2.88. The van der Waals surface area contributed by atoms with E-state index in [2.05, 4.69) is 0 Å². The molecule has 1 fully saturated rings. The van der Waals surface area contributed by atoms with Gasteiger partial charge < -0.3 is 5.11 Å². The van der Waals surface area contributed by atoms with Gasteiger partial charge in [-0.1, -0.05) is 48.5 Å². The first-order chi connectivity index (χ1) is 8.18. The van der Waals surface area contributed by atoms with Gasteiger partial charge in [0.1, 0.15) is 0 Å². The number of aliphatic carboxylic acids is 1. The average molecular weight is 250 g/mol. The van der Waals surface area contributed by atoms with E-state index in [0.29, 0.717) is 12.0 Å². The van der Waals surface area contributed by atoms with Crippen LogP contribution in [0.4, 0.5) is 0 Å². The summed E-state index contributed by atoms with van der Waals surface area (Å²) in [6.07, 6.45) is 2.41. The topological polar surface area (TPSA) is 54.4 Å². The Morgan fingerprint density at radius 3 is 2.53 bits per heavy atom. The van der Waals surface area contributed by atoms with E-state index >= 15 is 0 Å². The number of rotatable bonds is 3. The Morgan fingerprint density at radius 2 is 1.88 bits per heavy atom. The summed E-state index contributed by atoms with van der Waals surface area (Å²) >= 11 is 1.18. The van der Waals surface area contributed by atoms with Crippen LogP contribution in [-0.2, 0) is 4.79 Å². The van der Waals surface area contributed by atoms with Gasteiger partial charge in [0, 0.05) is 10.8 Å². The van der Waals surface area contributed by atoms with Crippen molar-refractivity contribution in [2.24, 2.45) is 5.92 Å². The fourth-order valence-corrected chi connectivity index (χ4v) is 3.38. The van der Waals surface area contributed by atoms with Gasteiger partial charge in [-0.2, -0.15) is 0 Å². The zero-order valence-electron chi connectivity index (χ0n) is 9.33. The van der Waals surface area contributed by atoms with E-state index < -0.39 is 5.97 Å². The first kappa shape index (κ1) is 12.2. The van der Waals surface area contributed by atoms with Crippen LogP contribution in [0.25, 0.3) is 0 Å². The van der Waals surface area contributed by atoms with Gasteiger partial charge in [-0.15, -0.1) is 0 Å². The number of hydrogen-bond donors (Lipinski definition) is 1. The van der Waals surface area contributed by atoms with Gasteiger partial charge >= 0.3 is 5.97 Å². The van der Waals surface area contributed by atoms with Gasteiger partial charge in [-0.05, 0) is 12.8 Å². The summed E-state index contributed by atoms with van der Waals surface area (Å²) in [4.78, 5) is 22.9. The minimum atomic E-state index is -0.777.